The minimum absolute atomic E-state index is 0.0438. The quantitative estimate of drug-likeness (QED) is 0.689. The molecule has 5 nitrogen and oxygen atoms in total. The van der Waals surface area contributed by atoms with Crippen LogP contribution in [0.1, 0.15) is 0 Å². The summed E-state index contributed by atoms with van der Waals surface area (Å²) < 4.78 is 0. The maximum absolute atomic E-state index is 11.3. The molecule has 2 amide bonds. The molecule has 0 aliphatic carbocycles. The number of nitrogens with one attached hydrogen (secondary N) is 1. The summed E-state index contributed by atoms with van der Waals surface area (Å²) in [6.07, 6.45) is 0. The molecule has 1 aliphatic heterocycles. The minimum Gasteiger partial charge on any atom is -0.341 e. The van der Waals surface area contributed by atoms with Gasteiger partial charge in [0.25, 0.3) is 0 Å². The van der Waals surface area contributed by atoms with Crippen molar-refractivity contribution in [2.45, 2.75) is 0 Å². The second-order valence-corrected chi connectivity index (χ2v) is 4.19. The number of rotatable bonds is 3. The highest BCUT2D eigenvalue weighted by atomic mass is 16.2. The zero-order valence-corrected chi connectivity index (χ0v) is 9.99. The van der Waals surface area contributed by atoms with Gasteiger partial charge < -0.3 is 15.1 Å². The molecule has 15 heavy (non-hydrogen) atoms. The van der Waals surface area contributed by atoms with Crippen molar-refractivity contribution < 1.29 is 4.79 Å². The summed E-state index contributed by atoms with van der Waals surface area (Å²) in [7, 11) is 5.85. The van der Waals surface area contributed by atoms with Gasteiger partial charge in [-0.2, -0.15) is 0 Å². The van der Waals surface area contributed by atoms with Gasteiger partial charge in [0.2, 0.25) is 0 Å². The van der Waals surface area contributed by atoms with Gasteiger partial charge in [-0.25, -0.2) is 4.79 Å². The number of hydrogen-bond acceptors (Lipinski definition) is 3. The van der Waals surface area contributed by atoms with E-state index in [2.05, 4.69) is 29.2 Å². The number of nitrogens with zero attached hydrogens (tertiary/aromatic N) is 3. The van der Waals surface area contributed by atoms with E-state index < -0.39 is 0 Å². The van der Waals surface area contributed by atoms with Crippen molar-refractivity contribution in [2.75, 3.05) is 60.4 Å². The predicted octanol–water partition coefficient (Wildman–Crippen LogP) is -0.495. The molecule has 88 valence electrons. The van der Waals surface area contributed by atoms with Crippen LogP contribution in [0.15, 0.2) is 0 Å². The molecule has 5 heteroatoms. The van der Waals surface area contributed by atoms with Crippen LogP contribution in [0.3, 0.4) is 0 Å². The highest BCUT2D eigenvalue weighted by Gasteiger charge is 2.19. The lowest BCUT2D eigenvalue weighted by Crippen LogP contribution is -2.52. The van der Waals surface area contributed by atoms with Gasteiger partial charge in [0.15, 0.2) is 0 Å². The first-order chi connectivity index (χ1) is 7.13. The van der Waals surface area contributed by atoms with E-state index in [1.54, 1.807) is 7.05 Å². The van der Waals surface area contributed by atoms with Gasteiger partial charge in [-0.3, -0.25) is 4.90 Å². The van der Waals surface area contributed by atoms with Crippen LogP contribution in [0.4, 0.5) is 4.79 Å². The third kappa shape index (κ3) is 4.05. The van der Waals surface area contributed by atoms with Crippen molar-refractivity contribution in [3.8, 4) is 0 Å². The lowest BCUT2D eigenvalue weighted by atomic mass is 10.3. The number of piperazine rings is 1. The Labute approximate surface area is 92.0 Å². The van der Waals surface area contributed by atoms with Gasteiger partial charge in [0, 0.05) is 46.3 Å². The molecule has 1 saturated heterocycles. The van der Waals surface area contributed by atoms with Crippen molar-refractivity contribution >= 4 is 6.03 Å². The zero-order valence-electron chi connectivity index (χ0n) is 9.99. The fourth-order valence-electron chi connectivity index (χ4n) is 1.67. The molecule has 1 heterocycles. The van der Waals surface area contributed by atoms with Gasteiger partial charge in [0.05, 0.1) is 0 Å². The Morgan fingerprint density at radius 2 is 1.87 bits per heavy atom. The number of hydrogen-bond donors (Lipinski definition) is 1. The van der Waals surface area contributed by atoms with Gasteiger partial charge in [-0.1, -0.05) is 0 Å². The van der Waals surface area contributed by atoms with Gasteiger partial charge >= 0.3 is 6.03 Å². The van der Waals surface area contributed by atoms with Crippen LogP contribution < -0.4 is 5.32 Å². The minimum atomic E-state index is 0.0438. The summed E-state index contributed by atoms with van der Waals surface area (Å²) in [6, 6.07) is 0.0438. The molecule has 0 aromatic carbocycles. The van der Waals surface area contributed by atoms with Crippen LogP contribution in [0, 0.1) is 0 Å². The molecule has 0 aromatic heterocycles. The summed E-state index contributed by atoms with van der Waals surface area (Å²) >= 11 is 0. The molecule has 0 radical (unpaired) electrons. The van der Waals surface area contributed by atoms with Gasteiger partial charge in [-0.15, -0.1) is 0 Å². The number of urea groups is 1. The van der Waals surface area contributed by atoms with Crippen molar-refractivity contribution in [3.05, 3.63) is 0 Å². The van der Waals surface area contributed by atoms with E-state index in [9.17, 15) is 4.79 Å². The Balaban J connectivity index is 2.21. The second kappa shape index (κ2) is 5.92. The van der Waals surface area contributed by atoms with E-state index in [1.807, 2.05) is 4.90 Å². The predicted molar refractivity (Wildman–Crippen MR) is 61.0 cm³/mol. The normalized spacial score (nSPS) is 18.3. The van der Waals surface area contributed by atoms with Gasteiger partial charge in [0.1, 0.15) is 0 Å². The largest absolute Gasteiger partial charge is 0.341 e. The van der Waals surface area contributed by atoms with E-state index in [0.717, 1.165) is 39.3 Å². The average Bonchev–Trinajstić information content (AvgIpc) is 2.26. The van der Waals surface area contributed by atoms with Crippen LogP contribution in [-0.4, -0.2) is 81.1 Å². The highest BCUT2D eigenvalue weighted by molar-refractivity contribution is 5.73. The molecular formula is C10H22N4O. The van der Waals surface area contributed by atoms with E-state index in [4.69, 9.17) is 0 Å². The number of carbonyl (C=O) groups excluding carboxylic acids is 1. The van der Waals surface area contributed by atoms with Crippen LogP contribution in [0.25, 0.3) is 0 Å². The van der Waals surface area contributed by atoms with Crippen LogP contribution in [-0.2, 0) is 0 Å². The standard InChI is InChI=1S/C10H22N4O/c1-11-10(15)14-8-6-13(7-9-14)5-4-12(2)3/h4-9H2,1-3H3,(H,11,15). The molecule has 0 spiro atoms. The summed E-state index contributed by atoms with van der Waals surface area (Å²) in [5.74, 6) is 0. The van der Waals surface area contributed by atoms with Crippen LogP contribution >= 0.6 is 0 Å². The van der Waals surface area contributed by atoms with Crippen LogP contribution in [0.2, 0.25) is 0 Å². The molecule has 1 fully saturated rings. The third-order valence-corrected chi connectivity index (χ3v) is 2.74. The topological polar surface area (TPSA) is 38.8 Å². The smallest absolute Gasteiger partial charge is 0.317 e. The molecule has 1 aliphatic rings. The van der Waals surface area contributed by atoms with Crippen molar-refractivity contribution in [2.24, 2.45) is 0 Å². The fourth-order valence-corrected chi connectivity index (χ4v) is 1.67. The van der Waals surface area contributed by atoms with Crippen LogP contribution in [0.5, 0.6) is 0 Å². The highest BCUT2D eigenvalue weighted by Crippen LogP contribution is 2.01. The fraction of sp³-hybridized carbons (Fsp3) is 0.900. The molecular weight excluding hydrogens is 192 g/mol. The van der Waals surface area contributed by atoms with Crippen molar-refractivity contribution in [1.29, 1.82) is 0 Å². The molecule has 0 atom stereocenters. The Hall–Kier alpha value is -0.810. The molecule has 0 aromatic rings. The number of carbonyl (C=O) groups is 1. The van der Waals surface area contributed by atoms with E-state index in [1.165, 1.54) is 0 Å². The first-order valence-electron chi connectivity index (χ1n) is 5.47. The Kier molecular flexibility index (Phi) is 4.84. The Morgan fingerprint density at radius 3 is 2.33 bits per heavy atom. The summed E-state index contributed by atoms with van der Waals surface area (Å²) in [5, 5.41) is 2.66. The van der Waals surface area contributed by atoms with Gasteiger partial charge in [-0.05, 0) is 14.1 Å². The molecule has 0 bridgehead atoms. The maximum Gasteiger partial charge on any atom is 0.317 e. The SMILES string of the molecule is CNC(=O)N1CCN(CCN(C)C)CC1. The van der Waals surface area contributed by atoms with E-state index in [-0.39, 0.29) is 6.03 Å². The summed E-state index contributed by atoms with van der Waals surface area (Å²) in [6.45, 7) is 5.83. The first-order valence-corrected chi connectivity index (χ1v) is 5.47. The first kappa shape index (κ1) is 12.3. The van der Waals surface area contributed by atoms with E-state index >= 15 is 0 Å². The molecule has 1 N–H and O–H groups in total. The van der Waals surface area contributed by atoms with Crippen molar-refractivity contribution in [3.63, 3.8) is 0 Å². The lowest BCUT2D eigenvalue weighted by Gasteiger charge is -2.34. The molecule has 0 unspecified atom stereocenters. The van der Waals surface area contributed by atoms with Crippen molar-refractivity contribution in [1.82, 2.24) is 20.0 Å². The number of amides is 2. The maximum atomic E-state index is 11.3. The molecule has 1 rings (SSSR count). The summed E-state index contributed by atoms with van der Waals surface area (Å²) in [5.41, 5.74) is 0. The Morgan fingerprint density at radius 1 is 1.27 bits per heavy atom. The molecule has 0 saturated carbocycles. The third-order valence-electron chi connectivity index (χ3n) is 2.74. The lowest BCUT2D eigenvalue weighted by molar-refractivity contribution is 0.134. The summed E-state index contributed by atoms with van der Waals surface area (Å²) in [4.78, 5) is 17.8. The van der Waals surface area contributed by atoms with E-state index in [0.29, 0.717) is 0 Å². The monoisotopic (exact) mass is 214 g/mol. The number of likely N-dealkylation sites (N-methyl/N-ethyl adjacent to an activating group) is 1. The second-order valence-electron chi connectivity index (χ2n) is 4.19. The zero-order chi connectivity index (χ0) is 11.3. The average molecular weight is 214 g/mol. The Bertz CT molecular complexity index is 200.